The summed E-state index contributed by atoms with van der Waals surface area (Å²) in [7, 11) is 0. The summed E-state index contributed by atoms with van der Waals surface area (Å²) in [6.45, 7) is 4.03. The number of aromatic nitrogens is 4. The summed E-state index contributed by atoms with van der Waals surface area (Å²) >= 11 is 0. The zero-order valence-corrected chi connectivity index (χ0v) is 16.5. The van der Waals surface area contributed by atoms with Crippen molar-refractivity contribution in [1.29, 1.82) is 0 Å². The quantitative estimate of drug-likeness (QED) is 0.818. The molecule has 2 aliphatic rings. The second-order valence-electron chi connectivity index (χ2n) is 7.80. The van der Waals surface area contributed by atoms with Crippen molar-refractivity contribution in [1.82, 2.24) is 30.8 Å². The summed E-state index contributed by atoms with van der Waals surface area (Å²) in [6.07, 6.45) is 4.45. The number of tetrazole rings is 1. The summed E-state index contributed by atoms with van der Waals surface area (Å²) in [5.41, 5.74) is 0.900. The molecule has 0 spiro atoms. The van der Waals surface area contributed by atoms with E-state index in [1.54, 1.807) is 0 Å². The number of nitrogens with one attached hydrogen (secondary N) is 2. The standard InChI is InChI=1S/C19H26N6O.ClH/c1-12(2)17(19(26)21-16-10-14-8-9-15(11-16)20-14)25-23-18(22-24-25)13-6-4-3-5-7-13;/h3-7,12,14-17,20H,8-11H2,1-2H3,(H,21,26);1H. The van der Waals surface area contributed by atoms with Crippen molar-refractivity contribution in [2.24, 2.45) is 5.92 Å². The van der Waals surface area contributed by atoms with Crippen molar-refractivity contribution in [3.63, 3.8) is 0 Å². The van der Waals surface area contributed by atoms with Crippen LogP contribution in [0.25, 0.3) is 11.4 Å². The Labute approximate surface area is 165 Å². The third kappa shape index (κ3) is 4.30. The maximum Gasteiger partial charge on any atom is 0.247 e. The number of fused-ring (bicyclic) bond motifs is 2. The number of nitrogens with zero attached hydrogens (tertiary/aromatic N) is 4. The van der Waals surface area contributed by atoms with Crippen LogP contribution in [0.5, 0.6) is 0 Å². The topological polar surface area (TPSA) is 84.7 Å². The molecule has 146 valence electrons. The smallest absolute Gasteiger partial charge is 0.247 e. The molecule has 2 fully saturated rings. The number of amides is 1. The van der Waals surface area contributed by atoms with Crippen LogP contribution < -0.4 is 10.6 Å². The number of hydrogen-bond donors (Lipinski definition) is 2. The first-order valence-corrected chi connectivity index (χ1v) is 9.51. The molecule has 0 saturated carbocycles. The van der Waals surface area contributed by atoms with E-state index in [1.807, 2.05) is 44.2 Å². The fourth-order valence-corrected chi connectivity index (χ4v) is 4.18. The Morgan fingerprint density at radius 3 is 2.48 bits per heavy atom. The van der Waals surface area contributed by atoms with Crippen LogP contribution in [0.2, 0.25) is 0 Å². The van der Waals surface area contributed by atoms with E-state index in [1.165, 1.54) is 17.6 Å². The number of carbonyl (C=O) groups excluding carboxylic acids is 1. The minimum atomic E-state index is -0.451. The molecule has 2 N–H and O–H groups in total. The zero-order chi connectivity index (χ0) is 18.1. The summed E-state index contributed by atoms with van der Waals surface area (Å²) in [6, 6.07) is 10.6. The van der Waals surface area contributed by atoms with Gasteiger partial charge in [-0.3, -0.25) is 4.79 Å². The van der Waals surface area contributed by atoms with Crippen LogP contribution >= 0.6 is 12.4 Å². The summed E-state index contributed by atoms with van der Waals surface area (Å²) in [5, 5.41) is 19.6. The molecule has 8 heteroatoms. The lowest BCUT2D eigenvalue weighted by molar-refractivity contribution is -0.127. The molecule has 27 heavy (non-hydrogen) atoms. The van der Waals surface area contributed by atoms with Crippen LogP contribution in [-0.2, 0) is 4.79 Å². The average molecular weight is 391 g/mol. The van der Waals surface area contributed by atoms with E-state index in [4.69, 9.17) is 0 Å². The third-order valence-corrected chi connectivity index (χ3v) is 5.43. The molecule has 2 saturated heterocycles. The van der Waals surface area contributed by atoms with Gasteiger partial charge in [-0.05, 0) is 36.8 Å². The normalized spacial score (nSPS) is 25.1. The number of piperidine rings is 1. The molecular weight excluding hydrogens is 364 g/mol. The Balaban J connectivity index is 0.00000210. The molecule has 3 heterocycles. The van der Waals surface area contributed by atoms with Crippen LogP contribution in [0.4, 0.5) is 0 Å². The van der Waals surface area contributed by atoms with E-state index in [9.17, 15) is 4.79 Å². The van der Waals surface area contributed by atoms with Gasteiger partial charge in [0, 0.05) is 23.7 Å². The number of benzene rings is 1. The lowest BCUT2D eigenvalue weighted by Crippen LogP contribution is -2.50. The van der Waals surface area contributed by atoms with E-state index in [-0.39, 0.29) is 30.3 Å². The van der Waals surface area contributed by atoms with Gasteiger partial charge in [0.2, 0.25) is 11.7 Å². The SMILES string of the molecule is CC(C)C(C(=O)NC1CC2CCC(C1)N2)n1nnc(-c2ccccc2)n1.Cl. The molecule has 2 aromatic rings. The van der Waals surface area contributed by atoms with Crippen LogP contribution in [0.1, 0.15) is 45.6 Å². The van der Waals surface area contributed by atoms with Gasteiger partial charge in [-0.15, -0.1) is 22.6 Å². The summed E-state index contributed by atoms with van der Waals surface area (Å²) < 4.78 is 0. The van der Waals surface area contributed by atoms with E-state index in [2.05, 4.69) is 26.0 Å². The van der Waals surface area contributed by atoms with E-state index >= 15 is 0 Å². The van der Waals surface area contributed by atoms with Crippen LogP contribution in [0.15, 0.2) is 30.3 Å². The van der Waals surface area contributed by atoms with Crippen molar-refractivity contribution in [2.45, 2.75) is 63.7 Å². The Morgan fingerprint density at radius 2 is 1.85 bits per heavy atom. The lowest BCUT2D eigenvalue weighted by Gasteiger charge is -2.31. The number of carbonyl (C=O) groups is 1. The largest absolute Gasteiger partial charge is 0.351 e. The highest BCUT2D eigenvalue weighted by atomic mass is 35.5. The van der Waals surface area contributed by atoms with Crippen molar-refractivity contribution >= 4 is 18.3 Å². The molecular formula is C19H27ClN6O. The predicted molar refractivity (Wildman–Crippen MR) is 105 cm³/mol. The molecule has 0 aliphatic carbocycles. The number of hydrogen-bond acceptors (Lipinski definition) is 5. The molecule has 2 bridgehead atoms. The molecule has 7 nitrogen and oxygen atoms in total. The van der Waals surface area contributed by atoms with Crippen LogP contribution in [-0.4, -0.2) is 44.2 Å². The maximum atomic E-state index is 13.0. The third-order valence-electron chi connectivity index (χ3n) is 5.43. The highest BCUT2D eigenvalue weighted by Crippen LogP contribution is 2.27. The Kier molecular flexibility index (Phi) is 6.11. The predicted octanol–water partition coefficient (Wildman–Crippen LogP) is 2.36. The van der Waals surface area contributed by atoms with Gasteiger partial charge < -0.3 is 10.6 Å². The molecule has 1 aromatic heterocycles. The highest BCUT2D eigenvalue weighted by molar-refractivity contribution is 5.85. The molecule has 3 unspecified atom stereocenters. The maximum absolute atomic E-state index is 13.0. The lowest BCUT2D eigenvalue weighted by atomic mass is 9.98. The van der Waals surface area contributed by atoms with Crippen LogP contribution in [0, 0.1) is 5.92 Å². The van der Waals surface area contributed by atoms with Gasteiger partial charge in [0.25, 0.3) is 0 Å². The Bertz CT molecular complexity index is 753. The fourth-order valence-electron chi connectivity index (χ4n) is 4.18. The van der Waals surface area contributed by atoms with Crippen molar-refractivity contribution in [2.75, 3.05) is 0 Å². The van der Waals surface area contributed by atoms with Gasteiger partial charge in [0.05, 0.1) is 0 Å². The monoisotopic (exact) mass is 390 g/mol. The minimum Gasteiger partial charge on any atom is -0.351 e. The van der Waals surface area contributed by atoms with Crippen molar-refractivity contribution < 1.29 is 4.79 Å². The van der Waals surface area contributed by atoms with Gasteiger partial charge >= 0.3 is 0 Å². The molecule has 0 radical (unpaired) electrons. The van der Waals surface area contributed by atoms with E-state index in [0.717, 1.165) is 18.4 Å². The minimum absolute atomic E-state index is 0. The highest BCUT2D eigenvalue weighted by Gasteiger charge is 2.36. The zero-order valence-electron chi connectivity index (χ0n) is 15.7. The first-order chi connectivity index (χ1) is 12.6. The first kappa shape index (κ1) is 19.8. The van der Waals surface area contributed by atoms with E-state index in [0.29, 0.717) is 17.9 Å². The van der Waals surface area contributed by atoms with Gasteiger partial charge in [-0.1, -0.05) is 44.2 Å². The molecule has 4 rings (SSSR count). The Morgan fingerprint density at radius 1 is 1.19 bits per heavy atom. The molecule has 3 atom stereocenters. The molecule has 1 amide bonds. The average Bonchev–Trinajstić information content (AvgIpc) is 3.22. The molecule has 2 aliphatic heterocycles. The summed E-state index contributed by atoms with van der Waals surface area (Å²) in [4.78, 5) is 14.4. The second-order valence-corrected chi connectivity index (χ2v) is 7.80. The van der Waals surface area contributed by atoms with Gasteiger partial charge in [-0.2, -0.15) is 4.80 Å². The van der Waals surface area contributed by atoms with Gasteiger partial charge in [0.15, 0.2) is 6.04 Å². The Hall–Kier alpha value is -1.99. The molecule has 1 aromatic carbocycles. The number of halogens is 1. The van der Waals surface area contributed by atoms with Crippen LogP contribution in [0.3, 0.4) is 0 Å². The summed E-state index contributed by atoms with van der Waals surface area (Å²) in [5.74, 6) is 0.610. The fraction of sp³-hybridized carbons (Fsp3) is 0.579. The first-order valence-electron chi connectivity index (χ1n) is 9.51. The van der Waals surface area contributed by atoms with Gasteiger partial charge in [-0.25, -0.2) is 0 Å². The van der Waals surface area contributed by atoms with Crippen molar-refractivity contribution in [3.05, 3.63) is 30.3 Å². The number of rotatable bonds is 5. The van der Waals surface area contributed by atoms with Crippen molar-refractivity contribution in [3.8, 4) is 11.4 Å². The van der Waals surface area contributed by atoms with E-state index < -0.39 is 6.04 Å². The second kappa shape index (κ2) is 8.35. The van der Waals surface area contributed by atoms with Gasteiger partial charge in [0.1, 0.15) is 0 Å².